The van der Waals surface area contributed by atoms with E-state index < -0.39 is 9.84 Å². The molecule has 0 unspecified atom stereocenters. The van der Waals surface area contributed by atoms with Crippen molar-refractivity contribution in [2.45, 2.75) is 12.5 Å². The Morgan fingerprint density at radius 1 is 1.50 bits per heavy atom. The molecule has 1 aliphatic rings. The molecule has 0 saturated carbocycles. The summed E-state index contributed by atoms with van der Waals surface area (Å²) in [5.74, 6) is 0.166. The fraction of sp³-hybridized carbons (Fsp3) is 0.385. The molecule has 0 spiro atoms. The quantitative estimate of drug-likeness (QED) is 0.858. The van der Waals surface area contributed by atoms with Gasteiger partial charge in [-0.05, 0) is 24.6 Å². The largest absolute Gasteiger partial charge is 0.484 e. The molecule has 1 N–H and O–H groups in total. The van der Waals surface area contributed by atoms with Crippen LogP contribution in [0.1, 0.15) is 12.0 Å². The van der Waals surface area contributed by atoms with Gasteiger partial charge in [-0.2, -0.15) is 5.26 Å². The first-order valence-electron chi connectivity index (χ1n) is 6.11. The summed E-state index contributed by atoms with van der Waals surface area (Å²) in [5, 5.41) is 11.4. The second-order valence-corrected chi connectivity index (χ2v) is 6.82. The average molecular weight is 294 g/mol. The summed E-state index contributed by atoms with van der Waals surface area (Å²) in [5.41, 5.74) is 0.449. The molecule has 0 bridgehead atoms. The van der Waals surface area contributed by atoms with Crippen LogP contribution in [0.25, 0.3) is 0 Å². The Morgan fingerprint density at radius 2 is 2.30 bits per heavy atom. The number of hydrogen-bond acceptors (Lipinski definition) is 5. The fourth-order valence-electron chi connectivity index (χ4n) is 1.98. The van der Waals surface area contributed by atoms with Crippen molar-refractivity contribution in [3.05, 3.63) is 29.8 Å². The molecule has 1 atom stereocenters. The third-order valence-corrected chi connectivity index (χ3v) is 4.70. The Kier molecular flexibility index (Phi) is 4.25. The lowest BCUT2D eigenvalue weighted by Crippen LogP contribution is -2.38. The predicted octanol–water partition coefficient (Wildman–Crippen LogP) is 0.240. The lowest BCUT2D eigenvalue weighted by molar-refractivity contribution is -0.123. The highest BCUT2D eigenvalue weighted by Crippen LogP contribution is 2.13. The summed E-state index contributed by atoms with van der Waals surface area (Å²) < 4.78 is 27.8. The highest BCUT2D eigenvalue weighted by atomic mass is 32.2. The molecule has 1 aliphatic heterocycles. The highest BCUT2D eigenvalue weighted by Gasteiger charge is 2.28. The molecule has 1 fully saturated rings. The molecule has 0 aromatic heterocycles. The molecule has 1 aromatic rings. The molecule has 2 rings (SSSR count). The van der Waals surface area contributed by atoms with Crippen molar-refractivity contribution in [3.8, 4) is 11.8 Å². The van der Waals surface area contributed by atoms with E-state index in [0.717, 1.165) is 0 Å². The normalized spacial score (nSPS) is 20.1. The highest BCUT2D eigenvalue weighted by molar-refractivity contribution is 7.91. The van der Waals surface area contributed by atoms with E-state index in [2.05, 4.69) is 5.32 Å². The zero-order chi connectivity index (χ0) is 14.6. The minimum Gasteiger partial charge on any atom is -0.484 e. The van der Waals surface area contributed by atoms with Crippen molar-refractivity contribution in [1.29, 1.82) is 5.26 Å². The molecule has 106 valence electrons. The smallest absolute Gasteiger partial charge is 0.258 e. The van der Waals surface area contributed by atoms with Gasteiger partial charge >= 0.3 is 0 Å². The Morgan fingerprint density at radius 3 is 2.95 bits per heavy atom. The number of rotatable bonds is 4. The number of benzene rings is 1. The van der Waals surface area contributed by atoms with Crippen molar-refractivity contribution in [3.63, 3.8) is 0 Å². The zero-order valence-electron chi connectivity index (χ0n) is 10.7. The molecule has 1 aromatic carbocycles. The first-order valence-corrected chi connectivity index (χ1v) is 7.93. The van der Waals surface area contributed by atoms with E-state index in [4.69, 9.17) is 10.00 Å². The van der Waals surface area contributed by atoms with Gasteiger partial charge in [-0.15, -0.1) is 0 Å². The van der Waals surface area contributed by atoms with Crippen LogP contribution in [0.2, 0.25) is 0 Å². The van der Waals surface area contributed by atoms with Gasteiger partial charge in [0.25, 0.3) is 5.91 Å². The topological polar surface area (TPSA) is 96.3 Å². The Balaban J connectivity index is 1.82. The number of hydrogen-bond donors (Lipinski definition) is 1. The van der Waals surface area contributed by atoms with E-state index in [-0.39, 0.29) is 30.1 Å². The molecule has 1 heterocycles. The maximum Gasteiger partial charge on any atom is 0.258 e. The number of nitrogens with zero attached hydrogens (tertiary/aromatic N) is 1. The van der Waals surface area contributed by atoms with Gasteiger partial charge in [0.15, 0.2) is 16.4 Å². The molecule has 0 aliphatic carbocycles. The zero-order valence-corrected chi connectivity index (χ0v) is 11.5. The molecule has 20 heavy (non-hydrogen) atoms. The van der Waals surface area contributed by atoms with Crippen LogP contribution in [0.5, 0.6) is 5.75 Å². The van der Waals surface area contributed by atoms with E-state index in [1.165, 1.54) is 6.07 Å². The van der Waals surface area contributed by atoms with E-state index in [1.54, 1.807) is 18.2 Å². The van der Waals surface area contributed by atoms with Crippen molar-refractivity contribution in [2.24, 2.45) is 0 Å². The fourth-order valence-corrected chi connectivity index (χ4v) is 3.66. The maximum atomic E-state index is 11.6. The monoisotopic (exact) mass is 294 g/mol. The third-order valence-electron chi connectivity index (χ3n) is 2.93. The van der Waals surface area contributed by atoms with E-state index >= 15 is 0 Å². The van der Waals surface area contributed by atoms with Crippen molar-refractivity contribution in [2.75, 3.05) is 18.1 Å². The number of sulfone groups is 1. The molecule has 7 heteroatoms. The number of nitrogens with one attached hydrogen (secondary N) is 1. The summed E-state index contributed by atoms with van der Waals surface area (Å²) in [4.78, 5) is 11.6. The van der Waals surface area contributed by atoms with Crippen LogP contribution in [-0.4, -0.2) is 38.5 Å². The number of amides is 1. The van der Waals surface area contributed by atoms with Crippen molar-refractivity contribution < 1.29 is 17.9 Å². The van der Waals surface area contributed by atoms with Crippen LogP contribution < -0.4 is 10.1 Å². The van der Waals surface area contributed by atoms with Gasteiger partial charge in [0.05, 0.1) is 23.1 Å². The van der Waals surface area contributed by atoms with Gasteiger partial charge in [-0.3, -0.25) is 4.79 Å². The molecule has 0 radical (unpaired) electrons. The lowest BCUT2D eigenvalue weighted by Gasteiger charge is -2.11. The van der Waals surface area contributed by atoms with Crippen LogP contribution in [0, 0.1) is 11.3 Å². The van der Waals surface area contributed by atoms with Gasteiger partial charge in [0, 0.05) is 6.04 Å². The standard InChI is InChI=1S/C13H14N2O4S/c14-7-10-2-1-3-12(6-10)19-8-13(16)15-11-4-5-20(17,18)9-11/h1-3,6,11H,4-5,8-9H2,(H,15,16)/t11-/m0/s1. The lowest BCUT2D eigenvalue weighted by atomic mass is 10.2. The molecule has 1 amide bonds. The van der Waals surface area contributed by atoms with Gasteiger partial charge in [-0.1, -0.05) is 6.07 Å². The third kappa shape index (κ3) is 3.96. The SMILES string of the molecule is N#Cc1cccc(OCC(=O)N[C@H]2CCS(=O)(=O)C2)c1. The van der Waals surface area contributed by atoms with E-state index in [1.807, 2.05) is 6.07 Å². The molecule has 1 saturated heterocycles. The van der Waals surface area contributed by atoms with Crippen molar-refractivity contribution in [1.82, 2.24) is 5.32 Å². The van der Waals surface area contributed by atoms with Crippen LogP contribution in [-0.2, 0) is 14.6 Å². The van der Waals surface area contributed by atoms with Gasteiger partial charge in [-0.25, -0.2) is 8.42 Å². The number of nitriles is 1. The molecular formula is C13H14N2O4S. The molecular weight excluding hydrogens is 280 g/mol. The Bertz CT molecular complexity index is 649. The number of carbonyl (C=O) groups excluding carboxylic acids is 1. The van der Waals surface area contributed by atoms with Gasteiger partial charge < -0.3 is 10.1 Å². The van der Waals surface area contributed by atoms with Gasteiger partial charge in [0.2, 0.25) is 0 Å². The Hall–Kier alpha value is -2.07. The van der Waals surface area contributed by atoms with E-state index in [0.29, 0.717) is 17.7 Å². The second kappa shape index (κ2) is 5.92. The first-order chi connectivity index (χ1) is 9.48. The van der Waals surface area contributed by atoms with Gasteiger partial charge in [0.1, 0.15) is 5.75 Å². The van der Waals surface area contributed by atoms with Crippen LogP contribution in [0.15, 0.2) is 24.3 Å². The summed E-state index contributed by atoms with van der Waals surface area (Å²) in [7, 11) is -3.01. The average Bonchev–Trinajstić information content (AvgIpc) is 2.76. The van der Waals surface area contributed by atoms with Crippen LogP contribution in [0.4, 0.5) is 0 Å². The summed E-state index contributed by atoms with van der Waals surface area (Å²) >= 11 is 0. The predicted molar refractivity (Wildman–Crippen MR) is 71.9 cm³/mol. The van der Waals surface area contributed by atoms with Crippen LogP contribution >= 0.6 is 0 Å². The number of ether oxygens (including phenoxy) is 1. The first kappa shape index (κ1) is 14.3. The number of carbonyl (C=O) groups is 1. The summed E-state index contributed by atoms with van der Waals surface area (Å²) in [6, 6.07) is 8.12. The minimum absolute atomic E-state index is 0.0113. The maximum absolute atomic E-state index is 11.6. The van der Waals surface area contributed by atoms with Crippen LogP contribution in [0.3, 0.4) is 0 Å². The van der Waals surface area contributed by atoms with Crippen molar-refractivity contribution >= 4 is 15.7 Å². The second-order valence-electron chi connectivity index (χ2n) is 4.60. The Labute approximate surface area is 117 Å². The summed E-state index contributed by atoms with van der Waals surface area (Å²) in [6.07, 6.45) is 0.442. The summed E-state index contributed by atoms with van der Waals surface area (Å²) in [6.45, 7) is -0.203. The minimum atomic E-state index is -3.01. The molecule has 6 nitrogen and oxygen atoms in total. The van der Waals surface area contributed by atoms with E-state index in [9.17, 15) is 13.2 Å².